The SMILES string of the molecule is O=C(O)C1CCCCCCC1NC(=O)C1CC1c1cccc(F)c1F. The number of nitrogens with one attached hydrogen (secondary N) is 1. The van der Waals surface area contributed by atoms with Gasteiger partial charge in [0, 0.05) is 12.0 Å². The largest absolute Gasteiger partial charge is 0.481 e. The maximum absolute atomic E-state index is 13.9. The van der Waals surface area contributed by atoms with Gasteiger partial charge in [0.05, 0.1) is 5.92 Å². The lowest BCUT2D eigenvalue weighted by molar-refractivity contribution is -0.143. The average molecular weight is 351 g/mol. The summed E-state index contributed by atoms with van der Waals surface area (Å²) in [7, 11) is 0. The Morgan fingerprint density at radius 2 is 1.76 bits per heavy atom. The molecule has 4 atom stereocenters. The van der Waals surface area contributed by atoms with Crippen molar-refractivity contribution in [2.24, 2.45) is 11.8 Å². The third kappa shape index (κ3) is 3.99. The Hall–Kier alpha value is -1.98. The topological polar surface area (TPSA) is 66.4 Å². The minimum absolute atomic E-state index is 0.229. The van der Waals surface area contributed by atoms with Gasteiger partial charge in [-0.3, -0.25) is 9.59 Å². The zero-order valence-electron chi connectivity index (χ0n) is 14.0. The van der Waals surface area contributed by atoms with Crippen LogP contribution in [0.15, 0.2) is 18.2 Å². The van der Waals surface area contributed by atoms with Gasteiger partial charge in [-0.05, 0) is 36.8 Å². The van der Waals surface area contributed by atoms with Crippen molar-refractivity contribution in [2.45, 2.75) is 56.9 Å². The van der Waals surface area contributed by atoms with Gasteiger partial charge >= 0.3 is 5.97 Å². The monoisotopic (exact) mass is 351 g/mol. The van der Waals surface area contributed by atoms with Crippen molar-refractivity contribution in [1.29, 1.82) is 0 Å². The van der Waals surface area contributed by atoms with Crippen molar-refractivity contribution < 1.29 is 23.5 Å². The lowest BCUT2D eigenvalue weighted by Gasteiger charge is -2.27. The molecule has 0 aliphatic heterocycles. The molecule has 1 aromatic rings. The third-order valence-corrected chi connectivity index (χ3v) is 5.42. The highest BCUT2D eigenvalue weighted by Crippen LogP contribution is 2.48. The number of aliphatic carboxylic acids is 1. The van der Waals surface area contributed by atoms with Gasteiger partial charge in [-0.15, -0.1) is 0 Å². The Bertz CT molecular complexity index is 664. The number of carboxylic acids is 1. The van der Waals surface area contributed by atoms with Crippen LogP contribution in [0.25, 0.3) is 0 Å². The van der Waals surface area contributed by atoms with Crippen LogP contribution in [0.4, 0.5) is 8.78 Å². The number of carboxylic acid groups (broad SMARTS) is 1. The molecular weight excluding hydrogens is 328 g/mol. The molecule has 0 bridgehead atoms. The van der Waals surface area contributed by atoms with Crippen molar-refractivity contribution in [3.05, 3.63) is 35.4 Å². The van der Waals surface area contributed by atoms with Crippen LogP contribution in [-0.4, -0.2) is 23.0 Å². The van der Waals surface area contributed by atoms with Crippen LogP contribution in [0.1, 0.15) is 56.4 Å². The number of carbonyl (C=O) groups is 2. The predicted octanol–water partition coefficient (Wildman–Crippen LogP) is 3.61. The fraction of sp³-hybridized carbons (Fsp3) is 0.579. The quantitative estimate of drug-likeness (QED) is 0.871. The Balaban J connectivity index is 1.65. The zero-order valence-corrected chi connectivity index (χ0v) is 14.0. The van der Waals surface area contributed by atoms with E-state index < -0.39 is 29.4 Å². The number of benzene rings is 1. The molecule has 2 aliphatic rings. The first-order valence-corrected chi connectivity index (χ1v) is 8.96. The van der Waals surface area contributed by atoms with E-state index in [1.165, 1.54) is 12.1 Å². The maximum atomic E-state index is 13.9. The van der Waals surface area contributed by atoms with Gasteiger partial charge in [-0.2, -0.15) is 0 Å². The van der Waals surface area contributed by atoms with Crippen LogP contribution >= 0.6 is 0 Å². The molecular formula is C19H23F2NO3. The van der Waals surface area contributed by atoms with Gasteiger partial charge in [0.2, 0.25) is 5.91 Å². The molecule has 0 radical (unpaired) electrons. The number of carbonyl (C=O) groups excluding carboxylic acids is 1. The van der Waals surface area contributed by atoms with E-state index in [4.69, 9.17) is 0 Å². The standard InChI is InChI=1S/C19H23F2NO3/c20-15-8-5-7-11(17(15)21)13-10-14(13)18(23)22-16-9-4-2-1-3-6-12(16)19(24)25/h5,7-8,12-14,16H,1-4,6,9-10H2,(H,22,23)(H,24,25). The number of halogens is 2. The van der Waals surface area contributed by atoms with E-state index in [2.05, 4.69) is 5.32 Å². The molecule has 4 unspecified atom stereocenters. The van der Waals surface area contributed by atoms with E-state index in [-0.39, 0.29) is 23.4 Å². The fourth-order valence-corrected chi connectivity index (χ4v) is 3.88. The highest BCUT2D eigenvalue weighted by molar-refractivity contribution is 5.84. The molecule has 0 heterocycles. The summed E-state index contributed by atoms with van der Waals surface area (Å²) in [5, 5.41) is 12.3. The van der Waals surface area contributed by atoms with Gasteiger partial charge in [0.15, 0.2) is 11.6 Å². The van der Waals surface area contributed by atoms with Crippen LogP contribution in [0.3, 0.4) is 0 Å². The lowest BCUT2D eigenvalue weighted by Crippen LogP contribution is -2.44. The van der Waals surface area contributed by atoms with Crippen molar-refractivity contribution in [2.75, 3.05) is 0 Å². The van der Waals surface area contributed by atoms with Gasteiger partial charge in [-0.25, -0.2) is 8.78 Å². The van der Waals surface area contributed by atoms with Crippen LogP contribution in [-0.2, 0) is 9.59 Å². The van der Waals surface area contributed by atoms with Gasteiger partial charge in [0.1, 0.15) is 0 Å². The molecule has 0 aromatic heterocycles. The second-order valence-electron chi connectivity index (χ2n) is 7.14. The normalized spacial score (nSPS) is 29.4. The number of hydrogen-bond acceptors (Lipinski definition) is 2. The molecule has 4 nitrogen and oxygen atoms in total. The summed E-state index contributed by atoms with van der Waals surface area (Å²) < 4.78 is 27.2. The molecule has 1 amide bonds. The van der Waals surface area contributed by atoms with E-state index in [0.29, 0.717) is 19.3 Å². The molecule has 2 saturated carbocycles. The van der Waals surface area contributed by atoms with Crippen LogP contribution < -0.4 is 5.32 Å². The third-order valence-electron chi connectivity index (χ3n) is 5.42. The van der Waals surface area contributed by atoms with Crippen LogP contribution in [0.2, 0.25) is 0 Å². The molecule has 25 heavy (non-hydrogen) atoms. The number of hydrogen-bond donors (Lipinski definition) is 2. The first kappa shape index (κ1) is 17.8. The first-order chi connectivity index (χ1) is 12.0. The summed E-state index contributed by atoms with van der Waals surface area (Å²) >= 11 is 0. The van der Waals surface area contributed by atoms with E-state index in [1.54, 1.807) is 0 Å². The van der Waals surface area contributed by atoms with E-state index in [9.17, 15) is 23.5 Å². The Labute approximate surface area is 145 Å². The van der Waals surface area contributed by atoms with Gasteiger partial charge in [-0.1, -0.05) is 37.8 Å². The summed E-state index contributed by atoms with van der Waals surface area (Å²) in [5.74, 6) is -4.23. The first-order valence-electron chi connectivity index (χ1n) is 8.96. The minimum Gasteiger partial charge on any atom is -0.481 e. The molecule has 1 aromatic carbocycles. The Morgan fingerprint density at radius 1 is 1.04 bits per heavy atom. The van der Waals surface area contributed by atoms with E-state index >= 15 is 0 Å². The van der Waals surface area contributed by atoms with E-state index in [0.717, 1.165) is 31.7 Å². The highest BCUT2D eigenvalue weighted by Gasteiger charge is 2.46. The fourth-order valence-electron chi connectivity index (χ4n) is 3.88. The van der Waals surface area contributed by atoms with E-state index in [1.807, 2.05) is 0 Å². The summed E-state index contributed by atoms with van der Waals surface area (Å²) in [6.45, 7) is 0. The summed E-state index contributed by atoms with van der Waals surface area (Å²) in [6.07, 6.45) is 5.48. The Kier molecular flexibility index (Phi) is 5.35. The molecule has 2 N–H and O–H groups in total. The van der Waals surface area contributed by atoms with Gasteiger partial charge < -0.3 is 10.4 Å². The predicted molar refractivity (Wildman–Crippen MR) is 88.0 cm³/mol. The minimum atomic E-state index is -0.908. The zero-order chi connectivity index (χ0) is 18.0. The number of amides is 1. The molecule has 0 spiro atoms. The highest BCUT2D eigenvalue weighted by atomic mass is 19.2. The smallest absolute Gasteiger partial charge is 0.308 e. The summed E-state index contributed by atoms with van der Waals surface area (Å²) in [4.78, 5) is 24.0. The van der Waals surface area contributed by atoms with Gasteiger partial charge in [0.25, 0.3) is 0 Å². The summed E-state index contributed by atoms with van der Waals surface area (Å²) in [5.41, 5.74) is 0.229. The molecule has 2 aliphatic carbocycles. The maximum Gasteiger partial charge on any atom is 0.308 e. The van der Waals surface area contributed by atoms with Crippen molar-refractivity contribution >= 4 is 11.9 Å². The molecule has 2 fully saturated rings. The average Bonchev–Trinajstić information content (AvgIpc) is 3.33. The number of rotatable bonds is 4. The molecule has 136 valence electrons. The van der Waals surface area contributed by atoms with Crippen molar-refractivity contribution in [1.82, 2.24) is 5.32 Å². The molecule has 6 heteroatoms. The van der Waals surface area contributed by atoms with Crippen molar-refractivity contribution in [3.63, 3.8) is 0 Å². The van der Waals surface area contributed by atoms with Crippen LogP contribution in [0.5, 0.6) is 0 Å². The molecule has 3 rings (SSSR count). The molecule has 0 saturated heterocycles. The van der Waals surface area contributed by atoms with Crippen LogP contribution in [0, 0.1) is 23.5 Å². The van der Waals surface area contributed by atoms with Crippen molar-refractivity contribution in [3.8, 4) is 0 Å². The lowest BCUT2D eigenvalue weighted by atomic mass is 9.86. The second kappa shape index (κ2) is 7.50. The summed E-state index contributed by atoms with van der Waals surface area (Å²) in [6, 6.07) is 3.62. The second-order valence-corrected chi connectivity index (χ2v) is 7.14. The Morgan fingerprint density at radius 3 is 2.48 bits per heavy atom.